The number of carbonyl (C=O) groups excluding carboxylic acids is 1. The predicted molar refractivity (Wildman–Crippen MR) is 70.3 cm³/mol. The normalized spacial score (nSPS) is 12.6. The number of hydrogen-bond acceptors (Lipinski definition) is 2. The van der Waals surface area contributed by atoms with E-state index in [2.05, 4.69) is 0 Å². The van der Waals surface area contributed by atoms with Crippen molar-refractivity contribution in [3.63, 3.8) is 0 Å². The molecule has 1 rings (SSSR count). The number of amides is 2. The van der Waals surface area contributed by atoms with E-state index in [0.29, 0.717) is 0 Å². The second-order valence-corrected chi connectivity index (χ2v) is 4.46. The van der Waals surface area contributed by atoms with Crippen molar-refractivity contribution in [2.45, 2.75) is 25.6 Å². The molecule has 0 spiro atoms. The summed E-state index contributed by atoms with van der Waals surface area (Å²) in [6, 6.07) is 0.752. The maximum atomic E-state index is 12.8. The summed E-state index contributed by atoms with van der Waals surface area (Å²) in [6.45, 7) is 1.51. The third-order valence-electron chi connectivity index (χ3n) is 2.57. The fourth-order valence-electron chi connectivity index (χ4n) is 1.53. The van der Waals surface area contributed by atoms with Crippen molar-refractivity contribution < 1.29 is 27.9 Å². The molecule has 0 unspecified atom stereocenters. The van der Waals surface area contributed by atoms with Crippen LogP contribution in [0.5, 0.6) is 0 Å². The number of carbonyl (C=O) groups is 2. The fraction of sp³-hybridized carbons (Fsp3) is 0.333. The lowest BCUT2D eigenvalue weighted by atomic mass is 10.1. The minimum atomic E-state index is -4.70. The van der Waals surface area contributed by atoms with Crippen LogP contribution in [0.1, 0.15) is 18.9 Å². The van der Waals surface area contributed by atoms with Gasteiger partial charge < -0.3 is 15.7 Å². The molecule has 0 heterocycles. The zero-order chi connectivity index (χ0) is 16.2. The minimum absolute atomic E-state index is 0.0808. The summed E-state index contributed by atoms with van der Waals surface area (Å²) >= 11 is 5.65. The largest absolute Gasteiger partial charge is 0.480 e. The molecule has 116 valence electrons. The number of nitrogens with one attached hydrogen (secondary N) is 2. The molecule has 21 heavy (non-hydrogen) atoms. The van der Waals surface area contributed by atoms with Crippen LogP contribution in [0.25, 0.3) is 0 Å². The topological polar surface area (TPSA) is 78.4 Å². The number of hydrogen-bond donors (Lipinski definition) is 3. The van der Waals surface area contributed by atoms with Crippen LogP contribution >= 0.6 is 11.6 Å². The summed E-state index contributed by atoms with van der Waals surface area (Å²) in [4.78, 5) is 22.4. The van der Waals surface area contributed by atoms with Crippen molar-refractivity contribution in [2.75, 3.05) is 5.32 Å². The summed E-state index contributed by atoms with van der Waals surface area (Å²) < 4.78 is 38.4. The summed E-state index contributed by atoms with van der Waals surface area (Å²) in [7, 11) is 0. The van der Waals surface area contributed by atoms with E-state index in [4.69, 9.17) is 16.7 Å². The molecule has 0 bridgehead atoms. The maximum absolute atomic E-state index is 12.8. The summed E-state index contributed by atoms with van der Waals surface area (Å²) in [5.74, 6) is -1.29. The lowest BCUT2D eigenvalue weighted by Crippen LogP contribution is -2.42. The quantitative estimate of drug-likeness (QED) is 0.794. The molecule has 0 saturated heterocycles. The van der Waals surface area contributed by atoms with E-state index in [1.165, 1.54) is 13.0 Å². The van der Waals surface area contributed by atoms with Gasteiger partial charge in [0.1, 0.15) is 6.04 Å². The fourth-order valence-corrected chi connectivity index (χ4v) is 1.76. The third-order valence-corrected chi connectivity index (χ3v) is 2.88. The highest BCUT2D eigenvalue weighted by Crippen LogP contribution is 2.38. The van der Waals surface area contributed by atoms with Gasteiger partial charge in [-0.25, -0.2) is 9.59 Å². The van der Waals surface area contributed by atoms with Gasteiger partial charge in [-0.15, -0.1) is 0 Å². The molecular formula is C12H12ClF3N2O3. The predicted octanol–water partition coefficient (Wildman–Crippen LogP) is 3.34. The van der Waals surface area contributed by atoms with E-state index in [9.17, 15) is 22.8 Å². The van der Waals surface area contributed by atoms with Crippen LogP contribution in [-0.4, -0.2) is 23.1 Å². The van der Waals surface area contributed by atoms with E-state index >= 15 is 0 Å². The number of carboxylic acid groups (broad SMARTS) is 1. The molecule has 0 aliphatic heterocycles. The molecule has 0 saturated carbocycles. The van der Waals surface area contributed by atoms with E-state index in [0.717, 1.165) is 12.1 Å². The van der Waals surface area contributed by atoms with Crippen LogP contribution in [0.4, 0.5) is 23.7 Å². The second kappa shape index (κ2) is 6.66. The first-order valence-corrected chi connectivity index (χ1v) is 6.20. The van der Waals surface area contributed by atoms with Gasteiger partial charge in [0.15, 0.2) is 0 Å². The Balaban J connectivity index is 2.98. The number of aliphatic carboxylic acids is 1. The van der Waals surface area contributed by atoms with Crippen molar-refractivity contribution >= 4 is 29.3 Å². The molecule has 2 amide bonds. The molecule has 3 N–H and O–H groups in total. The molecule has 1 aromatic carbocycles. The number of urea groups is 1. The molecule has 0 radical (unpaired) electrons. The molecule has 1 aromatic rings. The molecule has 0 aliphatic carbocycles. The van der Waals surface area contributed by atoms with Gasteiger partial charge in [-0.05, 0) is 18.6 Å². The highest BCUT2D eigenvalue weighted by atomic mass is 35.5. The average Bonchev–Trinajstić information content (AvgIpc) is 2.36. The molecule has 0 fully saturated rings. The first kappa shape index (κ1) is 17.1. The van der Waals surface area contributed by atoms with Crippen molar-refractivity contribution in [2.24, 2.45) is 0 Å². The molecule has 5 nitrogen and oxygen atoms in total. The Morgan fingerprint density at radius 1 is 1.38 bits per heavy atom. The van der Waals surface area contributed by atoms with E-state index in [-0.39, 0.29) is 11.4 Å². The zero-order valence-electron chi connectivity index (χ0n) is 10.8. The Kier molecular flexibility index (Phi) is 5.42. The standard InChI is InChI=1S/C12H12ClF3N2O3/c1-2-8(10(19)20)17-11(21)18-9-6(12(14,15)16)4-3-5-7(9)13/h3-5,8H,2H2,1H3,(H,19,20)(H2,17,18,21)/t8-/m0/s1. The molecular weight excluding hydrogens is 313 g/mol. The van der Waals surface area contributed by atoms with Crippen molar-refractivity contribution in [1.29, 1.82) is 0 Å². The van der Waals surface area contributed by atoms with Crippen molar-refractivity contribution in [1.82, 2.24) is 5.32 Å². The highest BCUT2D eigenvalue weighted by Gasteiger charge is 2.35. The van der Waals surface area contributed by atoms with Crippen LogP contribution in [0.3, 0.4) is 0 Å². The van der Waals surface area contributed by atoms with Crippen LogP contribution < -0.4 is 10.6 Å². The van der Waals surface area contributed by atoms with Gasteiger partial charge in [0.05, 0.1) is 16.3 Å². The van der Waals surface area contributed by atoms with Crippen molar-refractivity contribution in [3.05, 3.63) is 28.8 Å². The Morgan fingerprint density at radius 2 is 2.00 bits per heavy atom. The molecule has 9 heteroatoms. The van der Waals surface area contributed by atoms with Gasteiger partial charge in [-0.3, -0.25) is 0 Å². The van der Waals surface area contributed by atoms with Gasteiger partial charge in [0, 0.05) is 0 Å². The summed E-state index contributed by atoms with van der Waals surface area (Å²) in [5, 5.41) is 12.5. The van der Waals surface area contributed by atoms with E-state index < -0.39 is 35.5 Å². The van der Waals surface area contributed by atoms with Gasteiger partial charge in [0.2, 0.25) is 0 Å². The highest BCUT2D eigenvalue weighted by molar-refractivity contribution is 6.34. The number of rotatable bonds is 4. The molecule has 1 atom stereocenters. The number of benzene rings is 1. The number of para-hydroxylation sites is 1. The molecule has 0 aromatic heterocycles. The Labute approximate surface area is 123 Å². The number of carboxylic acids is 1. The zero-order valence-corrected chi connectivity index (χ0v) is 11.5. The third kappa shape index (κ3) is 4.52. The van der Waals surface area contributed by atoms with Crippen LogP contribution in [-0.2, 0) is 11.0 Å². The van der Waals surface area contributed by atoms with Gasteiger partial charge in [0.25, 0.3) is 0 Å². The van der Waals surface area contributed by atoms with E-state index in [1.807, 2.05) is 10.6 Å². The van der Waals surface area contributed by atoms with Crippen LogP contribution in [0.15, 0.2) is 18.2 Å². The van der Waals surface area contributed by atoms with Crippen LogP contribution in [0.2, 0.25) is 5.02 Å². The average molecular weight is 325 g/mol. The smallest absolute Gasteiger partial charge is 0.418 e. The Bertz CT molecular complexity index is 549. The number of alkyl halides is 3. The first-order valence-electron chi connectivity index (χ1n) is 5.82. The summed E-state index contributed by atoms with van der Waals surface area (Å²) in [5.41, 5.74) is -1.74. The Morgan fingerprint density at radius 3 is 2.48 bits per heavy atom. The van der Waals surface area contributed by atoms with E-state index in [1.54, 1.807) is 0 Å². The number of anilines is 1. The second-order valence-electron chi connectivity index (χ2n) is 4.06. The SMILES string of the molecule is CC[C@H](NC(=O)Nc1c(Cl)cccc1C(F)(F)F)C(=O)O. The van der Waals surface area contributed by atoms with Crippen molar-refractivity contribution in [3.8, 4) is 0 Å². The molecule has 0 aliphatic rings. The lowest BCUT2D eigenvalue weighted by molar-refractivity contribution is -0.139. The van der Waals surface area contributed by atoms with Gasteiger partial charge in [-0.2, -0.15) is 13.2 Å². The minimum Gasteiger partial charge on any atom is -0.480 e. The first-order chi connectivity index (χ1) is 9.66. The Hall–Kier alpha value is -1.96. The number of halogens is 4. The van der Waals surface area contributed by atoms with Gasteiger partial charge >= 0.3 is 18.2 Å². The lowest BCUT2D eigenvalue weighted by Gasteiger charge is -2.17. The maximum Gasteiger partial charge on any atom is 0.418 e. The monoisotopic (exact) mass is 324 g/mol. The van der Waals surface area contributed by atoms with Gasteiger partial charge in [-0.1, -0.05) is 24.6 Å². The van der Waals surface area contributed by atoms with Crippen LogP contribution in [0, 0.1) is 0 Å². The summed E-state index contributed by atoms with van der Waals surface area (Å²) in [6.07, 6.45) is -4.62.